The van der Waals surface area contributed by atoms with Gasteiger partial charge in [0.25, 0.3) is 5.91 Å². The number of carbonyl (C=O) groups is 2. The first-order valence-corrected chi connectivity index (χ1v) is 9.43. The van der Waals surface area contributed by atoms with Gasteiger partial charge in [0.1, 0.15) is 5.75 Å². The number of esters is 1. The zero-order valence-electron chi connectivity index (χ0n) is 16.8. The molecule has 1 atom stereocenters. The first-order valence-electron chi connectivity index (χ1n) is 9.43. The number of aryl methyl sites for hydroxylation is 1. The molecule has 0 spiro atoms. The molecule has 2 N–H and O–H groups in total. The van der Waals surface area contributed by atoms with E-state index >= 15 is 0 Å². The highest BCUT2D eigenvalue weighted by molar-refractivity contribution is 5.99. The second-order valence-electron chi connectivity index (χ2n) is 6.74. The van der Waals surface area contributed by atoms with Crippen LogP contribution in [0.3, 0.4) is 0 Å². The summed E-state index contributed by atoms with van der Waals surface area (Å²) in [6, 6.07) is 20.6. The van der Waals surface area contributed by atoms with E-state index in [-0.39, 0.29) is 12.2 Å². The van der Waals surface area contributed by atoms with Crippen molar-refractivity contribution < 1.29 is 24.2 Å². The van der Waals surface area contributed by atoms with Crippen LogP contribution in [0.25, 0.3) is 0 Å². The van der Waals surface area contributed by atoms with Gasteiger partial charge in [-0.3, -0.25) is 4.79 Å². The lowest BCUT2D eigenvalue weighted by Gasteiger charge is -2.19. The maximum absolute atomic E-state index is 13.1. The molecular weight excluding hydrogens is 382 g/mol. The number of nitrogens with one attached hydrogen (secondary N) is 1. The molecular formula is C24H23NO5. The van der Waals surface area contributed by atoms with Gasteiger partial charge in [0.2, 0.25) is 6.10 Å². The van der Waals surface area contributed by atoms with Gasteiger partial charge in [-0.25, -0.2) is 4.79 Å². The van der Waals surface area contributed by atoms with Crippen LogP contribution < -0.4 is 10.1 Å². The molecule has 0 heterocycles. The third-order valence-corrected chi connectivity index (χ3v) is 4.55. The zero-order valence-corrected chi connectivity index (χ0v) is 16.8. The third kappa shape index (κ3) is 5.04. The molecule has 0 radical (unpaired) electrons. The van der Waals surface area contributed by atoms with Crippen molar-refractivity contribution >= 4 is 17.6 Å². The fourth-order valence-corrected chi connectivity index (χ4v) is 2.94. The van der Waals surface area contributed by atoms with Gasteiger partial charge in [-0.15, -0.1) is 0 Å². The van der Waals surface area contributed by atoms with Crippen LogP contribution in [0.15, 0.2) is 72.8 Å². The van der Waals surface area contributed by atoms with E-state index < -0.39 is 18.0 Å². The molecule has 154 valence electrons. The van der Waals surface area contributed by atoms with Crippen LogP contribution >= 0.6 is 0 Å². The highest BCUT2D eigenvalue weighted by atomic mass is 16.5. The van der Waals surface area contributed by atoms with Crippen LogP contribution in [0.5, 0.6) is 5.75 Å². The smallest absolute Gasteiger partial charge is 0.339 e. The standard InChI is InChI=1S/C24H23NO5/c1-16-8-13-21(29-2)20(14-16)25-23(27)22(18-6-4-3-5-7-18)30-24(28)19-11-9-17(15-26)10-12-19/h3-14,22,26H,15H2,1-2H3,(H,25,27). The number of hydrogen-bond acceptors (Lipinski definition) is 5. The van der Waals surface area contributed by atoms with E-state index in [2.05, 4.69) is 5.32 Å². The van der Waals surface area contributed by atoms with E-state index in [9.17, 15) is 9.59 Å². The number of amides is 1. The third-order valence-electron chi connectivity index (χ3n) is 4.55. The van der Waals surface area contributed by atoms with Gasteiger partial charge >= 0.3 is 5.97 Å². The Hall–Kier alpha value is -3.64. The summed E-state index contributed by atoms with van der Waals surface area (Å²) < 4.78 is 10.9. The van der Waals surface area contributed by atoms with Crippen LogP contribution in [0.1, 0.15) is 33.2 Å². The van der Waals surface area contributed by atoms with Gasteiger partial charge in [-0.1, -0.05) is 48.5 Å². The molecule has 6 heteroatoms. The molecule has 0 aromatic heterocycles. The molecule has 0 saturated heterocycles. The molecule has 0 bridgehead atoms. The van der Waals surface area contributed by atoms with Crippen molar-refractivity contribution in [1.82, 2.24) is 0 Å². The maximum atomic E-state index is 13.1. The highest BCUT2D eigenvalue weighted by Crippen LogP contribution is 2.28. The van der Waals surface area contributed by atoms with Gasteiger partial charge < -0.3 is 19.9 Å². The van der Waals surface area contributed by atoms with Crippen LogP contribution in [-0.4, -0.2) is 24.1 Å². The highest BCUT2D eigenvalue weighted by Gasteiger charge is 2.26. The van der Waals surface area contributed by atoms with E-state index in [1.54, 1.807) is 60.7 Å². The van der Waals surface area contributed by atoms with Crippen molar-refractivity contribution in [3.63, 3.8) is 0 Å². The number of benzene rings is 3. The molecule has 1 unspecified atom stereocenters. The van der Waals surface area contributed by atoms with Crippen LogP contribution in [-0.2, 0) is 16.1 Å². The van der Waals surface area contributed by atoms with E-state index in [1.165, 1.54) is 7.11 Å². The summed E-state index contributed by atoms with van der Waals surface area (Å²) in [5.74, 6) is -0.628. The van der Waals surface area contributed by atoms with Crippen molar-refractivity contribution in [3.05, 3.63) is 95.1 Å². The summed E-state index contributed by atoms with van der Waals surface area (Å²) in [6.45, 7) is 1.78. The number of aliphatic hydroxyl groups excluding tert-OH is 1. The monoisotopic (exact) mass is 405 g/mol. The second-order valence-corrected chi connectivity index (χ2v) is 6.74. The molecule has 30 heavy (non-hydrogen) atoms. The number of ether oxygens (including phenoxy) is 2. The number of methoxy groups -OCH3 is 1. The normalized spacial score (nSPS) is 11.4. The molecule has 3 aromatic carbocycles. The first-order chi connectivity index (χ1) is 14.5. The van der Waals surface area contributed by atoms with E-state index in [1.807, 2.05) is 19.1 Å². The Morgan fingerprint density at radius 3 is 2.33 bits per heavy atom. The topological polar surface area (TPSA) is 84.9 Å². The summed E-state index contributed by atoms with van der Waals surface area (Å²) in [5.41, 5.74) is 2.95. The predicted molar refractivity (Wildman–Crippen MR) is 113 cm³/mol. The SMILES string of the molecule is COc1ccc(C)cc1NC(=O)C(OC(=O)c1ccc(CO)cc1)c1ccccc1. The lowest BCUT2D eigenvalue weighted by molar-refractivity contribution is -0.125. The molecule has 0 fully saturated rings. The van der Waals surface area contributed by atoms with Crippen LogP contribution in [0.2, 0.25) is 0 Å². The lowest BCUT2D eigenvalue weighted by Crippen LogP contribution is -2.26. The Balaban J connectivity index is 1.86. The molecule has 1 amide bonds. The molecule has 6 nitrogen and oxygen atoms in total. The Bertz CT molecular complexity index is 1020. The minimum atomic E-state index is -1.15. The number of aliphatic hydroxyl groups is 1. The van der Waals surface area contributed by atoms with Gasteiger partial charge in [0, 0.05) is 5.56 Å². The summed E-state index contributed by atoms with van der Waals surface area (Å²) in [4.78, 5) is 25.8. The predicted octanol–water partition coefficient (Wildman–Crippen LogP) is 4.03. The van der Waals surface area contributed by atoms with Gasteiger partial charge in [0.05, 0.1) is 25.0 Å². The van der Waals surface area contributed by atoms with Crippen LogP contribution in [0.4, 0.5) is 5.69 Å². The average Bonchev–Trinajstić information content (AvgIpc) is 2.78. The summed E-state index contributed by atoms with van der Waals surface area (Å²) in [5, 5.41) is 12.0. The van der Waals surface area contributed by atoms with Gasteiger partial charge in [-0.2, -0.15) is 0 Å². The van der Waals surface area contributed by atoms with Crippen molar-refractivity contribution in [2.24, 2.45) is 0 Å². The summed E-state index contributed by atoms with van der Waals surface area (Å²) in [6.07, 6.45) is -1.15. The first kappa shape index (κ1) is 21.1. The fraction of sp³-hybridized carbons (Fsp3) is 0.167. The Morgan fingerprint density at radius 1 is 1.00 bits per heavy atom. The molecule has 0 aliphatic carbocycles. The van der Waals surface area contributed by atoms with Crippen molar-refractivity contribution in [1.29, 1.82) is 0 Å². The van der Waals surface area contributed by atoms with Crippen molar-refractivity contribution in [2.45, 2.75) is 19.6 Å². The van der Waals surface area contributed by atoms with E-state index in [0.717, 1.165) is 5.56 Å². The Morgan fingerprint density at radius 2 is 1.70 bits per heavy atom. The second kappa shape index (κ2) is 9.71. The molecule has 0 aliphatic heterocycles. The summed E-state index contributed by atoms with van der Waals surface area (Å²) in [7, 11) is 1.52. The average molecular weight is 405 g/mol. The Labute approximate surface area is 175 Å². The number of carbonyl (C=O) groups excluding carboxylic acids is 2. The fourth-order valence-electron chi connectivity index (χ4n) is 2.94. The maximum Gasteiger partial charge on any atom is 0.339 e. The Kier molecular flexibility index (Phi) is 6.83. The van der Waals surface area contributed by atoms with E-state index in [4.69, 9.17) is 14.6 Å². The van der Waals surface area contributed by atoms with Crippen molar-refractivity contribution in [2.75, 3.05) is 12.4 Å². The van der Waals surface area contributed by atoms with Crippen molar-refractivity contribution in [3.8, 4) is 5.75 Å². The quantitative estimate of drug-likeness (QED) is 0.580. The minimum Gasteiger partial charge on any atom is -0.495 e. The molecule has 3 aromatic rings. The minimum absolute atomic E-state index is 0.122. The largest absolute Gasteiger partial charge is 0.495 e. The summed E-state index contributed by atoms with van der Waals surface area (Å²) >= 11 is 0. The lowest BCUT2D eigenvalue weighted by atomic mass is 10.1. The van der Waals surface area contributed by atoms with Gasteiger partial charge in [0.15, 0.2) is 0 Å². The number of rotatable bonds is 7. The zero-order chi connectivity index (χ0) is 21.5. The molecule has 0 aliphatic rings. The van der Waals surface area contributed by atoms with Crippen LogP contribution in [0, 0.1) is 6.92 Å². The molecule has 0 saturated carbocycles. The number of anilines is 1. The number of hydrogen-bond donors (Lipinski definition) is 2. The van der Waals surface area contributed by atoms with Gasteiger partial charge in [-0.05, 0) is 42.3 Å². The van der Waals surface area contributed by atoms with E-state index in [0.29, 0.717) is 22.6 Å². The molecule has 3 rings (SSSR count).